The molecule has 5 heteroatoms. The van der Waals surface area contributed by atoms with Crippen LogP contribution in [0.25, 0.3) is 11.0 Å². The lowest BCUT2D eigenvalue weighted by atomic mass is 10.0. The molecule has 0 N–H and O–H groups in total. The molecule has 5 nitrogen and oxygen atoms in total. The lowest BCUT2D eigenvalue weighted by Gasteiger charge is -2.38. The van der Waals surface area contributed by atoms with Crippen molar-refractivity contribution in [2.45, 2.75) is 40.2 Å². The first-order valence-corrected chi connectivity index (χ1v) is 9.29. The number of nitrogens with zero attached hydrogens (tertiary/aromatic N) is 3. The first-order valence-electron chi connectivity index (χ1n) is 9.29. The number of fused-ring (bicyclic) bond motifs is 1. The van der Waals surface area contributed by atoms with E-state index in [1.165, 1.54) is 11.1 Å². The number of piperazine rings is 1. The van der Waals surface area contributed by atoms with E-state index in [2.05, 4.69) is 44.7 Å². The maximum Gasteiger partial charge on any atom is 0.227 e. The largest absolute Gasteiger partial charge is 0.464 e. The van der Waals surface area contributed by atoms with Crippen LogP contribution in [0.3, 0.4) is 0 Å². The molecule has 3 rings (SSSR count). The van der Waals surface area contributed by atoms with E-state index in [-0.39, 0.29) is 11.9 Å². The highest BCUT2D eigenvalue weighted by Gasteiger charge is 2.28. The van der Waals surface area contributed by atoms with Gasteiger partial charge < -0.3 is 9.32 Å². The van der Waals surface area contributed by atoms with E-state index < -0.39 is 0 Å². The molecule has 26 heavy (non-hydrogen) atoms. The van der Waals surface area contributed by atoms with Gasteiger partial charge in [0, 0.05) is 37.1 Å². The summed E-state index contributed by atoms with van der Waals surface area (Å²) in [5, 5.41) is 10.4. The molecule has 1 atom stereocenters. The van der Waals surface area contributed by atoms with Gasteiger partial charge in [-0.25, -0.2) is 0 Å². The number of rotatable bonds is 4. The molecule has 1 unspecified atom stereocenters. The molecule has 138 valence electrons. The molecule has 1 fully saturated rings. The number of carbonyl (C=O) groups excluding carboxylic acids is 1. The average Bonchev–Trinajstić information content (AvgIpc) is 2.98. The van der Waals surface area contributed by atoms with Crippen molar-refractivity contribution in [3.8, 4) is 6.07 Å². The van der Waals surface area contributed by atoms with Crippen molar-refractivity contribution in [2.24, 2.45) is 5.92 Å². The van der Waals surface area contributed by atoms with Crippen molar-refractivity contribution in [1.29, 1.82) is 5.26 Å². The smallest absolute Gasteiger partial charge is 0.227 e. The van der Waals surface area contributed by atoms with Gasteiger partial charge in [-0.05, 0) is 43.0 Å². The molecule has 1 amide bonds. The molecule has 0 bridgehead atoms. The van der Waals surface area contributed by atoms with Crippen LogP contribution in [0, 0.1) is 31.1 Å². The normalized spacial score (nSPS) is 16.8. The topological polar surface area (TPSA) is 60.5 Å². The average molecular weight is 353 g/mol. The van der Waals surface area contributed by atoms with Gasteiger partial charge in [0.15, 0.2) is 0 Å². The zero-order chi connectivity index (χ0) is 18.8. The SMILES string of the molecule is Cc1cc2occ(CC(=O)N3CCN(C(C#N)C(C)C)CC3)c2cc1C. The summed E-state index contributed by atoms with van der Waals surface area (Å²) < 4.78 is 5.65. The number of hydrogen-bond donors (Lipinski definition) is 0. The van der Waals surface area contributed by atoms with Gasteiger partial charge in [0.05, 0.1) is 18.8 Å². The summed E-state index contributed by atoms with van der Waals surface area (Å²) >= 11 is 0. The predicted molar refractivity (Wildman–Crippen MR) is 102 cm³/mol. The van der Waals surface area contributed by atoms with Crippen LogP contribution in [0.4, 0.5) is 0 Å². The molecule has 1 saturated heterocycles. The van der Waals surface area contributed by atoms with E-state index in [9.17, 15) is 10.1 Å². The maximum absolute atomic E-state index is 12.7. The van der Waals surface area contributed by atoms with Crippen LogP contribution in [0.5, 0.6) is 0 Å². The molecular weight excluding hydrogens is 326 g/mol. The van der Waals surface area contributed by atoms with Crippen LogP contribution in [-0.2, 0) is 11.2 Å². The number of amides is 1. The van der Waals surface area contributed by atoms with E-state index in [0.717, 1.165) is 29.6 Å². The van der Waals surface area contributed by atoms with Crippen molar-refractivity contribution in [3.63, 3.8) is 0 Å². The fourth-order valence-corrected chi connectivity index (χ4v) is 3.65. The van der Waals surface area contributed by atoms with Crippen LogP contribution in [0.2, 0.25) is 0 Å². The Kier molecular flexibility index (Phi) is 5.33. The minimum absolute atomic E-state index is 0.0729. The third-order valence-corrected chi connectivity index (χ3v) is 5.44. The van der Waals surface area contributed by atoms with E-state index in [0.29, 0.717) is 25.4 Å². The number of furan rings is 1. The lowest BCUT2D eigenvalue weighted by molar-refractivity contribution is -0.132. The second kappa shape index (κ2) is 7.51. The Balaban J connectivity index is 1.65. The molecule has 1 aromatic carbocycles. The zero-order valence-electron chi connectivity index (χ0n) is 16.1. The standard InChI is InChI=1S/C21H27N3O2/c1-14(2)19(12-22)23-5-7-24(8-6-23)21(25)11-17-13-26-20-10-16(4)15(3)9-18(17)20/h9-10,13-14,19H,5-8,11H2,1-4H3. The van der Waals surface area contributed by atoms with Crippen LogP contribution >= 0.6 is 0 Å². The molecule has 2 aromatic rings. The van der Waals surface area contributed by atoms with E-state index >= 15 is 0 Å². The van der Waals surface area contributed by atoms with Gasteiger partial charge in [-0.3, -0.25) is 9.69 Å². The Morgan fingerprint density at radius 3 is 2.46 bits per heavy atom. The van der Waals surface area contributed by atoms with Gasteiger partial charge in [0.25, 0.3) is 0 Å². The number of nitriles is 1. The number of hydrogen-bond acceptors (Lipinski definition) is 4. The van der Waals surface area contributed by atoms with Crippen molar-refractivity contribution in [3.05, 3.63) is 35.1 Å². The highest BCUT2D eigenvalue weighted by atomic mass is 16.3. The second-order valence-corrected chi connectivity index (χ2v) is 7.61. The molecule has 1 aliphatic rings. The minimum Gasteiger partial charge on any atom is -0.464 e. The van der Waals surface area contributed by atoms with Gasteiger partial charge in [0.1, 0.15) is 11.6 Å². The monoisotopic (exact) mass is 353 g/mol. The summed E-state index contributed by atoms with van der Waals surface area (Å²) in [6.07, 6.45) is 2.07. The molecular formula is C21H27N3O2. The summed E-state index contributed by atoms with van der Waals surface area (Å²) in [5.41, 5.74) is 4.19. The first-order chi connectivity index (χ1) is 12.4. The first kappa shape index (κ1) is 18.5. The van der Waals surface area contributed by atoms with Crippen molar-refractivity contribution >= 4 is 16.9 Å². The molecule has 1 aromatic heterocycles. The van der Waals surface area contributed by atoms with Gasteiger partial charge >= 0.3 is 0 Å². The van der Waals surface area contributed by atoms with Gasteiger partial charge in [-0.2, -0.15) is 5.26 Å². The zero-order valence-corrected chi connectivity index (χ0v) is 16.1. The highest BCUT2D eigenvalue weighted by molar-refractivity contribution is 5.88. The Bertz CT molecular complexity index is 839. The van der Waals surface area contributed by atoms with Crippen LogP contribution in [0.1, 0.15) is 30.5 Å². The summed E-state index contributed by atoms with van der Waals surface area (Å²) in [4.78, 5) is 16.8. The lowest BCUT2D eigenvalue weighted by Crippen LogP contribution is -2.53. The second-order valence-electron chi connectivity index (χ2n) is 7.61. The van der Waals surface area contributed by atoms with Crippen molar-refractivity contribution < 1.29 is 9.21 Å². The Hall–Kier alpha value is -2.32. The summed E-state index contributed by atoms with van der Waals surface area (Å²) in [6, 6.07) is 6.46. The predicted octanol–water partition coefficient (Wildman–Crippen LogP) is 3.28. The summed E-state index contributed by atoms with van der Waals surface area (Å²) in [6.45, 7) is 11.1. The van der Waals surface area contributed by atoms with Gasteiger partial charge in [0.2, 0.25) is 5.91 Å². The number of benzene rings is 1. The quantitative estimate of drug-likeness (QED) is 0.846. The molecule has 0 saturated carbocycles. The summed E-state index contributed by atoms with van der Waals surface area (Å²) in [5.74, 6) is 0.426. The fraction of sp³-hybridized carbons (Fsp3) is 0.524. The fourth-order valence-electron chi connectivity index (χ4n) is 3.65. The minimum atomic E-state index is -0.0729. The molecule has 0 spiro atoms. The Labute approximate surface area is 155 Å². The van der Waals surface area contributed by atoms with Crippen LogP contribution in [-0.4, -0.2) is 47.9 Å². The van der Waals surface area contributed by atoms with Crippen LogP contribution in [0.15, 0.2) is 22.8 Å². The van der Waals surface area contributed by atoms with Crippen LogP contribution < -0.4 is 0 Å². The van der Waals surface area contributed by atoms with E-state index in [1.807, 2.05) is 11.0 Å². The third kappa shape index (κ3) is 3.61. The molecule has 0 radical (unpaired) electrons. The van der Waals surface area contributed by atoms with Crippen molar-refractivity contribution in [1.82, 2.24) is 9.80 Å². The van der Waals surface area contributed by atoms with Crippen molar-refractivity contribution in [2.75, 3.05) is 26.2 Å². The number of aryl methyl sites for hydroxylation is 2. The number of carbonyl (C=O) groups is 1. The van der Waals surface area contributed by atoms with Gasteiger partial charge in [-0.15, -0.1) is 0 Å². The van der Waals surface area contributed by atoms with E-state index in [1.54, 1.807) is 6.26 Å². The third-order valence-electron chi connectivity index (χ3n) is 5.44. The van der Waals surface area contributed by atoms with Gasteiger partial charge in [-0.1, -0.05) is 13.8 Å². The summed E-state index contributed by atoms with van der Waals surface area (Å²) in [7, 11) is 0. The Morgan fingerprint density at radius 1 is 1.19 bits per heavy atom. The van der Waals surface area contributed by atoms with E-state index in [4.69, 9.17) is 4.42 Å². The molecule has 0 aliphatic carbocycles. The Morgan fingerprint density at radius 2 is 1.85 bits per heavy atom. The molecule has 1 aliphatic heterocycles. The maximum atomic E-state index is 12.7. The highest BCUT2D eigenvalue weighted by Crippen LogP contribution is 2.25. The molecule has 2 heterocycles.